The van der Waals surface area contributed by atoms with E-state index < -0.39 is 23.7 Å². The van der Waals surface area contributed by atoms with Gasteiger partial charge in [0.2, 0.25) is 11.8 Å². The van der Waals surface area contributed by atoms with Gasteiger partial charge in [0.05, 0.1) is 5.52 Å². The van der Waals surface area contributed by atoms with Crippen LogP contribution in [0.25, 0.3) is 11.1 Å². The summed E-state index contributed by atoms with van der Waals surface area (Å²) < 4.78 is 6.84. The summed E-state index contributed by atoms with van der Waals surface area (Å²) in [4.78, 5) is 52.0. The Morgan fingerprint density at radius 1 is 1.00 bits per heavy atom. The number of rotatable bonds is 6. The van der Waals surface area contributed by atoms with Crippen LogP contribution in [0.3, 0.4) is 0 Å². The maximum absolute atomic E-state index is 12.5. The van der Waals surface area contributed by atoms with E-state index in [1.54, 1.807) is 0 Å². The molecule has 2 N–H and O–H groups in total. The van der Waals surface area contributed by atoms with Crippen LogP contribution in [-0.2, 0) is 14.4 Å². The first-order valence-corrected chi connectivity index (χ1v) is 12.6. The van der Waals surface area contributed by atoms with E-state index in [0.717, 1.165) is 64.1 Å². The minimum atomic E-state index is -0.739. The van der Waals surface area contributed by atoms with Crippen LogP contribution >= 0.6 is 0 Å². The molecule has 1 aromatic heterocycles. The number of nitrogens with one attached hydrogen (secondary N) is 1. The molecule has 1 atom stereocenters. The van der Waals surface area contributed by atoms with E-state index in [2.05, 4.69) is 15.1 Å². The number of carboxylic acid groups (broad SMARTS) is 1. The van der Waals surface area contributed by atoms with Gasteiger partial charge in [-0.2, -0.15) is 0 Å². The molecule has 3 saturated heterocycles. The maximum atomic E-state index is 12.5. The van der Waals surface area contributed by atoms with Gasteiger partial charge in [-0.1, -0.05) is 0 Å². The van der Waals surface area contributed by atoms with Gasteiger partial charge in [0.25, 0.3) is 0 Å². The number of aliphatic carboxylic acids is 1. The van der Waals surface area contributed by atoms with Crippen molar-refractivity contribution in [1.82, 2.24) is 14.8 Å². The molecule has 4 heterocycles. The zero-order valence-electron chi connectivity index (χ0n) is 19.8. The maximum Gasteiger partial charge on any atom is 0.420 e. The minimum Gasteiger partial charge on any atom is -0.481 e. The van der Waals surface area contributed by atoms with Crippen LogP contribution < -0.4 is 16.0 Å². The summed E-state index contributed by atoms with van der Waals surface area (Å²) in [5.74, 6) is -1.13. The van der Waals surface area contributed by atoms with Gasteiger partial charge in [0.15, 0.2) is 5.58 Å². The fourth-order valence-corrected chi connectivity index (χ4v) is 5.80. The molecule has 0 aliphatic carbocycles. The van der Waals surface area contributed by atoms with Gasteiger partial charge < -0.3 is 19.3 Å². The Balaban J connectivity index is 1.19. The number of aromatic nitrogens is 1. The van der Waals surface area contributed by atoms with Crippen LogP contribution in [-0.4, -0.2) is 65.1 Å². The van der Waals surface area contributed by atoms with Crippen LogP contribution in [0.15, 0.2) is 27.4 Å². The minimum absolute atomic E-state index is 0.197. The first-order chi connectivity index (χ1) is 16.9. The molecule has 2 amide bonds. The predicted molar refractivity (Wildman–Crippen MR) is 128 cm³/mol. The normalized spacial score (nSPS) is 23.1. The molecule has 1 aromatic carbocycles. The number of hydrogen-bond acceptors (Lipinski definition) is 7. The molecule has 0 saturated carbocycles. The Morgan fingerprint density at radius 2 is 1.71 bits per heavy atom. The molecule has 0 spiro atoms. The number of carbonyl (C=O) groups is 3. The summed E-state index contributed by atoms with van der Waals surface area (Å²) in [6.45, 7) is 4.87. The Morgan fingerprint density at radius 3 is 2.40 bits per heavy atom. The molecule has 3 aliphatic heterocycles. The van der Waals surface area contributed by atoms with E-state index in [0.29, 0.717) is 22.9 Å². The second kappa shape index (κ2) is 9.85. The monoisotopic (exact) mass is 484 g/mol. The quantitative estimate of drug-likeness (QED) is 0.597. The molecule has 0 bridgehead atoms. The number of anilines is 1. The number of hydrogen-bond donors (Lipinski definition) is 2. The van der Waals surface area contributed by atoms with Crippen molar-refractivity contribution in [2.24, 2.45) is 11.8 Å². The van der Waals surface area contributed by atoms with Crippen LogP contribution in [0.1, 0.15) is 51.0 Å². The molecule has 35 heavy (non-hydrogen) atoms. The number of likely N-dealkylation sites (tertiary alicyclic amines) is 1. The van der Waals surface area contributed by atoms with Gasteiger partial charge in [-0.25, -0.2) is 4.79 Å². The van der Waals surface area contributed by atoms with Crippen molar-refractivity contribution in [2.45, 2.75) is 51.0 Å². The van der Waals surface area contributed by atoms with Gasteiger partial charge in [-0.3, -0.25) is 24.3 Å². The van der Waals surface area contributed by atoms with E-state index in [9.17, 15) is 19.2 Å². The largest absolute Gasteiger partial charge is 0.481 e. The fourth-order valence-electron chi connectivity index (χ4n) is 5.80. The number of carboxylic acids is 1. The Hall–Kier alpha value is -3.14. The van der Waals surface area contributed by atoms with Crippen molar-refractivity contribution in [3.8, 4) is 0 Å². The zero-order valence-corrected chi connectivity index (χ0v) is 19.8. The molecule has 2 aromatic rings. The molecule has 3 fully saturated rings. The van der Waals surface area contributed by atoms with E-state index in [4.69, 9.17) is 9.52 Å². The third-order valence-electron chi connectivity index (χ3n) is 7.79. The van der Waals surface area contributed by atoms with Crippen molar-refractivity contribution >= 4 is 34.6 Å². The second-order valence-corrected chi connectivity index (χ2v) is 10.1. The third kappa shape index (κ3) is 5.12. The highest BCUT2D eigenvalue weighted by molar-refractivity contribution is 6.00. The van der Waals surface area contributed by atoms with E-state index in [-0.39, 0.29) is 25.2 Å². The van der Waals surface area contributed by atoms with Crippen LogP contribution in [0.4, 0.5) is 5.69 Å². The number of fused-ring (bicyclic) bond motifs is 1. The molecule has 0 radical (unpaired) electrons. The molecule has 5 rings (SSSR count). The first kappa shape index (κ1) is 23.6. The van der Waals surface area contributed by atoms with Gasteiger partial charge >= 0.3 is 11.7 Å². The van der Waals surface area contributed by atoms with Crippen molar-refractivity contribution in [3.63, 3.8) is 0 Å². The smallest absolute Gasteiger partial charge is 0.420 e. The SMILES string of the molecule is O=C(O)CC1CCN(CC2CCN(c3ccc4c(c3)oc(=O)n4C3CCC(=O)NC3=O)CC2)CC1. The van der Waals surface area contributed by atoms with Crippen molar-refractivity contribution < 1.29 is 23.9 Å². The van der Waals surface area contributed by atoms with Gasteiger partial charge in [-0.15, -0.1) is 0 Å². The Labute approximate surface area is 202 Å². The lowest BCUT2D eigenvalue weighted by atomic mass is 9.91. The molecular weight excluding hydrogens is 452 g/mol. The van der Waals surface area contributed by atoms with Crippen molar-refractivity contribution in [3.05, 3.63) is 28.7 Å². The highest BCUT2D eigenvalue weighted by atomic mass is 16.4. The van der Waals surface area contributed by atoms with E-state index in [1.807, 2.05) is 18.2 Å². The molecule has 188 valence electrons. The molecule has 1 unspecified atom stereocenters. The summed E-state index contributed by atoms with van der Waals surface area (Å²) in [6.07, 6.45) is 4.86. The van der Waals surface area contributed by atoms with Crippen molar-refractivity contribution in [2.75, 3.05) is 37.6 Å². The fraction of sp³-hybridized carbons (Fsp3) is 0.600. The summed E-state index contributed by atoms with van der Waals surface area (Å²) in [7, 11) is 0. The molecular formula is C25H32N4O6. The summed E-state index contributed by atoms with van der Waals surface area (Å²) in [6, 6.07) is 4.92. The summed E-state index contributed by atoms with van der Waals surface area (Å²) >= 11 is 0. The highest BCUT2D eigenvalue weighted by Crippen LogP contribution is 2.30. The molecule has 3 aliphatic rings. The lowest BCUT2D eigenvalue weighted by Gasteiger charge is -2.38. The molecule has 10 heteroatoms. The second-order valence-electron chi connectivity index (χ2n) is 10.1. The van der Waals surface area contributed by atoms with Gasteiger partial charge in [0, 0.05) is 44.2 Å². The number of imide groups is 1. The van der Waals surface area contributed by atoms with Crippen LogP contribution in [0.2, 0.25) is 0 Å². The summed E-state index contributed by atoms with van der Waals surface area (Å²) in [5.41, 5.74) is 2.01. The summed E-state index contributed by atoms with van der Waals surface area (Å²) in [5, 5.41) is 11.3. The Bertz CT molecular complexity index is 1170. The Kier molecular flexibility index (Phi) is 6.64. The van der Waals surface area contributed by atoms with Crippen molar-refractivity contribution in [1.29, 1.82) is 0 Å². The number of oxazole rings is 1. The topological polar surface area (TPSA) is 125 Å². The van der Waals surface area contributed by atoms with Gasteiger partial charge in [-0.05, 0) is 69.2 Å². The van der Waals surface area contributed by atoms with E-state index >= 15 is 0 Å². The molecule has 10 nitrogen and oxygen atoms in total. The lowest BCUT2D eigenvalue weighted by molar-refractivity contribution is -0.139. The standard InChI is InChI=1S/C25H32N4O6/c30-22-4-3-20(24(33)26-22)29-19-2-1-18(14-21(19)35-25(29)34)28-11-7-17(8-12-28)15-27-9-5-16(6-10-27)13-23(31)32/h1-2,14,16-17,20H,3-13,15H2,(H,31,32)(H,26,30,33). The van der Waals surface area contributed by atoms with Crippen LogP contribution in [0.5, 0.6) is 0 Å². The highest BCUT2D eigenvalue weighted by Gasteiger charge is 2.32. The third-order valence-corrected chi connectivity index (χ3v) is 7.79. The predicted octanol–water partition coefficient (Wildman–Crippen LogP) is 1.98. The number of benzene rings is 1. The number of piperidine rings is 3. The zero-order chi connectivity index (χ0) is 24.5. The lowest BCUT2D eigenvalue weighted by Crippen LogP contribution is -2.43. The van der Waals surface area contributed by atoms with Gasteiger partial charge in [0.1, 0.15) is 6.04 Å². The average Bonchev–Trinajstić information content (AvgIpc) is 3.15. The van der Waals surface area contributed by atoms with Crippen LogP contribution in [0, 0.1) is 11.8 Å². The number of carbonyl (C=O) groups excluding carboxylic acids is 2. The first-order valence-electron chi connectivity index (χ1n) is 12.6. The average molecular weight is 485 g/mol. The number of nitrogens with zero attached hydrogens (tertiary/aromatic N) is 3. The number of amides is 2. The van der Waals surface area contributed by atoms with E-state index in [1.165, 1.54) is 4.57 Å².